The summed E-state index contributed by atoms with van der Waals surface area (Å²) in [6.07, 6.45) is 2.72. The molecule has 2 heterocycles. The van der Waals surface area contributed by atoms with Crippen molar-refractivity contribution in [2.24, 2.45) is 0 Å². The zero-order valence-electron chi connectivity index (χ0n) is 12.7. The van der Waals surface area contributed by atoms with Gasteiger partial charge in [-0.1, -0.05) is 33.9 Å². The summed E-state index contributed by atoms with van der Waals surface area (Å²) >= 11 is 0. The molecule has 0 amide bonds. The normalized spacial score (nSPS) is 14.9. The zero-order chi connectivity index (χ0) is 16.9. The minimum absolute atomic E-state index is 0.0209. The van der Waals surface area contributed by atoms with E-state index in [0.717, 1.165) is 24.7 Å². The first-order valence-electron chi connectivity index (χ1n) is 7.38. The largest absolute Gasteiger partial charge is 0.361 e. The van der Waals surface area contributed by atoms with Crippen LogP contribution in [0.1, 0.15) is 24.4 Å². The molecular formula is C14H14N6O3S. The van der Waals surface area contributed by atoms with Crippen molar-refractivity contribution in [3.05, 3.63) is 46.6 Å². The molecular weight excluding hydrogens is 332 g/mol. The number of rotatable bonds is 4. The molecule has 0 atom stereocenters. The Labute approximate surface area is 137 Å². The Balaban J connectivity index is 1.93. The molecule has 1 aliphatic rings. The molecule has 0 bridgehead atoms. The fraction of sp³-hybridized carbons (Fsp3) is 0.286. The van der Waals surface area contributed by atoms with Crippen molar-refractivity contribution in [3.63, 3.8) is 0 Å². The first-order valence-corrected chi connectivity index (χ1v) is 8.82. The quantitative estimate of drug-likeness (QED) is 0.744. The molecule has 1 fully saturated rings. The first kappa shape index (κ1) is 14.8. The van der Waals surface area contributed by atoms with Gasteiger partial charge in [0.1, 0.15) is 6.33 Å². The monoisotopic (exact) mass is 346 g/mol. The molecule has 1 aliphatic carbocycles. The second kappa shape index (κ2) is 5.13. The van der Waals surface area contributed by atoms with Crippen LogP contribution in [0.3, 0.4) is 0 Å². The molecule has 2 aromatic heterocycles. The lowest BCUT2D eigenvalue weighted by Crippen LogP contribution is -2.30. The summed E-state index contributed by atoms with van der Waals surface area (Å²) in [6, 6.07) is 7.40. The Hall–Kier alpha value is -2.75. The molecule has 124 valence electrons. The van der Waals surface area contributed by atoms with Crippen LogP contribution in [0.5, 0.6) is 0 Å². The number of aromatic amines is 1. The van der Waals surface area contributed by atoms with Crippen LogP contribution in [0.2, 0.25) is 0 Å². The van der Waals surface area contributed by atoms with Crippen LogP contribution in [-0.4, -0.2) is 37.4 Å². The Morgan fingerprint density at radius 1 is 1.21 bits per heavy atom. The van der Waals surface area contributed by atoms with Gasteiger partial charge in [0.15, 0.2) is 5.82 Å². The summed E-state index contributed by atoms with van der Waals surface area (Å²) < 4.78 is 27.1. The van der Waals surface area contributed by atoms with Gasteiger partial charge in [-0.15, -0.1) is 5.10 Å². The number of nitrogens with zero attached hydrogens (tertiary/aromatic N) is 5. The van der Waals surface area contributed by atoms with E-state index in [1.54, 1.807) is 0 Å². The summed E-state index contributed by atoms with van der Waals surface area (Å²) in [7, 11) is -4.21. The van der Waals surface area contributed by atoms with Gasteiger partial charge in [0.25, 0.3) is 5.16 Å². The smallest absolute Gasteiger partial charge is 0.271 e. The molecule has 9 nitrogen and oxygen atoms in total. The molecule has 1 N–H and O–H groups in total. The number of aromatic nitrogens is 6. The number of aryl methyl sites for hydroxylation is 1. The lowest BCUT2D eigenvalue weighted by Gasteiger charge is -2.03. The highest BCUT2D eigenvalue weighted by molar-refractivity contribution is 7.89. The van der Waals surface area contributed by atoms with Crippen molar-refractivity contribution in [1.82, 2.24) is 28.9 Å². The van der Waals surface area contributed by atoms with Crippen LogP contribution in [0.15, 0.2) is 40.5 Å². The second-order valence-corrected chi connectivity index (χ2v) is 7.39. The van der Waals surface area contributed by atoms with E-state index in [2.05, 4.69) is 20.3 Å². The van der Waals surface area contributed by atoms with Gasteiger partial charge in [-0.3, -0.25) is 4.57 Å². The predicted molar refractivity (Wildman–Crippen MR) is 83.9 cm³/mol. The van der Waals surface area contributed by atoms with E-state index in [-0.39, 0.29) is 6.04 Å². The number of H-pyrrole nitrogens is 1. The lowest BCUT2D eigenvalue weighted by molar-refractivity contribution is 0.566. The second-order valence-electron chi connectivity index (χ2n) is 5.71. The molecule has 3 aromatic rings. The molecule has 24 heavy (non-hydrogen) atoms. The van der Waals surface area contributed by atoms with Crippen LogP contribution in [0.4, 0.5) is 0 Å². The minimum atomic E-state index is -4.21. The summed E-state index contributed by atoms with van der Waals surface area (Å²) in [5, 5.41) is 9.46. The summed E-state index contributed by atoms with van der Waals surface area (Å²) in [5.74, 6) is 0.339. The van der Waals surface area contributed by atoms with E-state index in [1.165, 1.54) is 4.57 Å². The first-order chi connectivity index (χ1) is 11.5. The van der Waals surface area contributed by atoms with E-state index >= 15 is 0 Å². The topological polar surface area (TPSA) is 116 Å². The van der Waals surface area contributed by atoms with E-state index in [9.17, 15) is 13.2 Å². The van der Waals surface area contributed by atoms with E-state index in [1.807, 2.05) is 31.2 Å². The minimum Gasteiger partial charge on any atom is -0.271 e. The SMILES string of the molecule is Cc1ccc(-c2nn(S(=O)(=O)c3ncn[nH]3)c(=O)n2C2CC2)cc1. The maximum absolute atomic E-state index is 12.7. The third kappa shape index (κ3) is 2.26. The molecule has 4 rings (SSSR count). The number of hydrogen-bond donors (Lipinski definition) is 1. The van der Waals surface area contributed by atoms with Crippen molar-refractivity contribution in [3.8, 4) is 11.4 Å². The summed E-state index contributed by atoms with van der Waals surface area (Å²) in [6.45, 7) is 1.95. The van der Waals surface area contributed by atoms with Gasteiger partial charge in [0.2, 0.25) is 0 Å². The fourth-order valence-electron chi connectivity index (χ4n) is 2.48. The van der Waals surface area contributed by atoms with Gasteiger partial charge in [-0.2, -0.15) is 13.5 Å². The standard InChI is InChI=1S/C14H14N6O3S/c1-9-2-4-10(5-3-9)12-18-20(14(21)19(12)11-6-7-11)24(22,23)13-15-8-16-17-13/h2-5,8,11H,6-7H2,1H3,(H,15,16,17). The number of hydrogen-bond acceptors (Lipinski definition) is 6. The van der Waals surface area contributed by atoms with Crippen molar-refractivity contribution in [2.45, 2.75) is 31.0 Å². The van der Waals surface area contributed by atoms with Crippen LogP contribution >= 0.6 is 0 Å². The zero-order valence-corrected chi connectivity index (χ0v) is 13.6. The number of benzene rings is 1. The van der Waals surface area contributed by atoms with E-state index in [4.69, 9.17) is 0 Å². The average molecular weight is 346 g/mol. The van der Waals surface area contributed by atoms with Gasteiger partial charge in [0, 0.05) is 11.6 Å². The summed E-state index contributed by atoms with van der Waals surface area (Å²) in [5.41, 5.74) is 1.06. The van der Waals surface area contributed by atoms with Crippen molar-refractivity contribution in [1.29, 1.82) is 0 Å². The molecule has 0 spiro atoms. The summed E-state index contributed by atoms with van der Waals surface area (Å²) in [4.78, 5) is 16.3. The van der Waals surface area contributed by atoms with Crippen molar-refractivity contribution < 1.29 is 8.42 Å². The molecule has 1 saturated carbocycles. The molecule has 0 radical (unpaired) electrons. The van der Waals surface area contributed by atoms with Crippen LogP contribution in [0.25, 0.3) is 11.4 Å². The van der Waals surface area contributed by atoms with Gasteiger partial charge in [-0.25, -0.2) is 14.9 Å². The highest BCUT2D eigenvalue weighted by Gasteiger charge is 2.34. The average Bonchev–Trinajstić information content (AvgIpc) is 3.10. The molecule has 10 heteroatoms. The van der Waals surface area contributed by atoms with Crippen molar-refractivity contribution >= 4 is 10.0 Å². The molecule has 0 unspecified atom stereocenters. The van der Waals surface area contributed by atoms with Gasteiger partial charge in [-0.05, 0) is 19.8 Å². The highest BCUT2D eigenvalue weighted by atomic mass is 32.2. The predicted octanol–water partition coefficient (Wildman–Crippen LogP) is 0.710. The van der Waals surface area contributed by atoms with E-state index in [0.29, 0.717) is 15.5 Å². The van der Waals surface area contributed by atoms with Crippen molar-refractivity contribution in [2.75, 3.05) is 0 Å². The van der Waals surface area contributed by atoms with Gasteiger partial charge < -0.3 is 0 Å². The molecule has 1 aromatic carbocycles. The maximum Gasteiger partial charge on any atom is 0.361 e. The van der Waals surface area contributed by atoms with Gasteiger partial charge in [0.05, 0.1) is 0 Å². The third-order valence-electron chi connectivity index (χ3n) is 3.87. The van der Waals surface area contributed by atoms with Crippen LogP contribution in [-0.2, 0) is 10.0 Å². The lowest BCUT2D eigenvalue weighted by atomic mass is 10.1. The Morgan fingerprint density at radius 2 is 1.92 bits per heavy atom. The highest BCUT2D eigenvalue weighted by Crippen LogP contribution is 2.36. The van der Waals surface area contributed by atoms with Crippen LogP contribution < -0.4 is 5.69 Å². The third-order valence-corrected chi connectivity index (χ3v) is 5.25. The Kier molecular flexibility index (Phi) is 3.17. The number of nitrogens with one attached hydrogen (secondary N) is 1. The Bertz CT molecular complexity index is 1040. The molecule has 0 saturated heterocycles. The van der Waals surface area contributed by atoms with Crippen LogP contribution in [0, 0.1) is 6.92 Å². The molecule has 0 aliphatic heterocycles. The van der Waals surface area contributed by atoms with E-state index < -0.39 is 20.9 Å². The maximum atomic E-state index is 12.7. The Morgan fingerprint density at radius 3 is 2.50 bits per heavy atom. The van der Waals surface area contributed by atoms with Gasteiger partial charge >= 0.3 is 15.7 Å². The fourth-order valence-corrected chi connectivity index (χ4v) is 3.47.